The minimum atomic E-state index is -4.17. The van der Waals surface area contributed by atoms with Crippen LogP contribution in [0.25, 0.3) is 6.08 Å². The van der Waals surface area contributed by atoms with Crippen LogP contribution in [0.2, 0.25) is 5.02 Å². The SMILES string of the molecule is O=C1/C(=C/c2ccccc2Cl)Oc2cc(OS(=O)(=O)c3ccc(F)cc3)ccc21. The minimum absolute atomic E-state index is 0.0418. The van der Waals surface area contributed by atoms with E-state index < -0.39 is 15.9 Å². The number of Topliss-reactive ketones (excluding diaryl/α,β-unsaturated/α-hetero) is 1. The summed E-state index contributed by atoms with van der Waals surface area (Å²) in [4.78, 5) is 12.3. The summed E-state index contributed by atoms with van der Waals surface area (Å²) in [5.74, 6) is -0.731. The minimum Gasteiger partial charge on any atom is -0.452 e. The molecule has 4 rings (SSSR count). The Morgan fingerprint density at radius 1 is 1.00 bits per heavy atom. The Bertz CT molecular complexity index is 1250. The number of ketones is 1. The van der Waals surface area contributed by atoms with Crippen molar-refractivity contribution in [2.45, 2.75) is 4.90 Å². The molecular weight excluding hydrogens is 419 g/mol. The summed E-state index contributed by atoms with van der Waals surface area (Å²) in [5.41, 5.74) is 0.885. The highest BCUT2D eigenvalue weighted by Crippen LogP contribution is 2.36. The average molecular weight is 431 g/mol. The van der Waals surface area contributed by atoms with E-state index in [-0.39, 0.29) is 33.5 Å². The molecule has 1 aliphatic rings. The monoisotopic (exact) mass is 430 g/mol. The van der Waals surface area contributed by atoms with Gasteiger partial charge in [0.05, 0.1) is 5.56 Å². The lowest BCUT2D eigenvalue weighted by Crippen LogP contribution is -2.09. The Morgan fingerprint density at radius 2 is 1.72 bits per heavy atom. The van der Waals surface area contributed by atoms with Gasteiger partial charge in [-0.2, -0.15) is 8.42 Å². The van der Waals surface area contributed by atoms with Gasteiger partial charge in [0, 0.05) is 11.1 Å². The molecule has 0 saturated carbocycles. The van der Waals surface area contributed by atoms with Crippen molar-refractivity contribution < 1.29 is 26.5 Å². The normalized spacial score (nSPS) is 14.6. The molecule has 146 valence electrons. The molecule has 0 unspecified atom stereocenters. The number of hydrogen-bond donors (Lipinski definition) is 0. The maximum Gasteiger partial charge on any atom is 0.339 e. The quantitative estimate of drug-likeness (QED) is 0.436. The van der Waals surface area contributed by atoms with Crippen LogP contribution in [-0.4, -0.2) is 14.2 Å². The third-order valence-corrected chi connectivity index (χ3v) is 5.75. The number of carbonyl (C=O) groups excluding carboxylic acids is 1. The molecule has 29 heavy (non-hydrogen) atoms. The molecule has 1 aliphatic heterocycles. The van der Waals surface area contributed by atoms with E-state index in [2.05, 4.69) is 0 Å². The fraction of sp³-hybridized carbons (Fsp3) is 0. The predicted molar refractivity (Wildman–Crippen MR) is 105 cm³/mol. The molecule has 0 aliphatic carbocycles. The molecule has 3 aromatic rings. The molecule has 5 nitrogen and oxygen atoms in total. The van der Waals surface area contributed by atoms with Crippen molar-refractivity contribution in [3.63, 3.8) is 0 Å². The molecule has 0 saturated heterocycles. The maximum absolute atomic E-state index is 13.0. The van der Waals surface area contributed by atoms with Crippen molar-refractivity contribution in [2.24, 2.45) is 0 Å². The zero-order chi connectivity index (χ0) is 20.6. The number of allylic oxidation sites excluding steroid dienone is 1. The summed E-state index contributed by atoms with van der Waals surface area (Å²) in [6, 6.07) is 15.3. The van der Waals surface area contributed by atoms with Gasteiger partial charge in [-0.15, -0.1) is 0 Å². The first kappa shape index (κ1) is 19.2. The van der Waals surface area contributed by atoms with Gasteiger partial charge in [-0.05, 0) is 54.1 Å². The van der Waals surface area contributed by atoms with Crippen LogP contribution in [0.5, 0.6) is 11.5 Å². The summed E-state index contributed by atoms with van der Waals surface area (Å²) < 4.78 is 48.4. The van der Waals surface area contributed by atoms with Gasteiger partial charge in [0.2, 0.25) is 5.78 Å². The second kappa shape index (κ2) is 7.35. The van der Waals surface area contributed by atoms with Crippen LogP contribution in [0, 0.1) is 5.82 Å². The van der Waals surface area contributed by atoms with Gasteiger partial charge >= 0.3 is 10.1 Å². The molecule has 0 amide bonds. The summed E-state index contributed by atoms with van der Waals surface area (Å²) in [6.45, 7) is 0. The number of fused-ring (bicyclic) bond motifs is 1. The van der Waals surface area contributed by atoms with Crippen molar-refractivity contribution in [1.82, 2.24) is 0 Å². The van der Waals surface area contributed by atoms with Crippen LogP contribution in [0.3, 0.4) is 0 Å². The Hall–Kier alpha value is -3.16. The van der Waals surface area contributed by atoms with E-state index in [1.807, 2.05) is 0 Å². The third kappa shape index (κ3) is 3.87. The average Bonchev–Trinajstić information content (AvgIpc) is 2.98. The molecule has 0 radical (unpaired) electrons. The molecule has 0 fully saturated rings. The molecule has 3 aromatic carbocycles. The number of ether oxygens (including phenoxy) is 1. The topological polar surface area (TPSA) is 69.7 Å². The van der Waals surface area contributed by atoms with Crippen molar-refractivity contribution in [1.29, 1.82) is 0 Å². The van der Waals surface area contributed by atoms with Crippen molar-refractivity contribution in [2.75, 3.05) is 0 Å². The van der Waals surface area contributed by atoms with Crippen molar-refractivity contribution in [3.8, 4) is 11.5 Å². The van der Waals surface area contributed by atoms with Crippen molar-refractivity contribution in [3.05, 3.63) is 94.5 Å². The standard InChI is InChI=1S/C21H12ClFO5S/c22-18-4-2-1-3-13(18)11-20-21(24)17-10-7-15(12-19(17)27-20)28-29(25,26)16-8-5-14(23)6-9-16/h1-12H/b20-11-. The van der Waals surface area contributed by atoms with Gasteiger partial charge in [0.15, 0.2) is 5.76 Å². The summed E-state index contributed by atoms with van der Waals surface area (Å²) >= 11 is 6.11. The fourth-order valence-electron chi connectivity index (χ4n) is 2.73. The summed E-state index contributed by atoms with van der Waals surface area (Å²) in [6.07, 6.45) is 1.51. The predicted octanol–water partition coefficient (Wildman–Crippen LogP) is 4.86. The van der Waals surface area contributed by atoms with E-state index >= 15 is 0 Å². The summed E-state index contributed by atoms with van der Waals surface area (Å²) in [5, 5.41) is 0.460. The maximum atomic E-state index is 13.0. The van der Waals surface area contributed by atoms with Crippen LogP contribution in [-0.2, 0) is 10.1 Å². The van der Waals surface area contributed by atoms with E-state index in [1.54, 1.807) is 24.3 Å². The first-order chi connectivity index (χ1) is 13.8. The largest absolute Gasteiger partial charge is 0.452 e. The lowest BCUT2D eigenvalue weighted by molar-refractivity contribution is 0.101. The second-order valence-corrected chi connectivity index (χ2v) is 8.06. The van der Waals surface area contributed by atoms with Crippen LogP contribution in [0.15, 0.2) is 77.4 Å². The number of halogens is 2. The fourth-order valence-corrected chi connectivity index (χ4v) is 3.84. The Morgan fingerprint density at radius 3 is 2.45 bits per heavy atom. The van der Waals surface area contributed by atoms with Crippen LogP contribution in [0.4, 0.5) is 4.39 Å². The van der Waals surface area contributed by atoms with Crippen LogP contribution >= 0.6 is 11.6 Å². The highest BCUT2D eigenvalue weighted by molar-refractivity contribution is 7.87. The molecule has 0 atom stereocenters. The van der Waals surface area contributed by atoms with Gasteiger partial charge < -0.3 is 8.92 Å². The first-order valence-electron chi connectivity index (χ1n) is 8.36. The smallest absolute Gasteiger partial charge is 0.339 e. The van der Waals surface area contributed by atoms with Gasteiger partial charge in [0.25, 0.3) is 0 Å². The zero-order valence-corrected chi connectivity index (χ0v) is 16.2. The third-order valence-electron chi connectivity index (χ3n) is 4.14. The van der Waals surface area contributed by atoms with Crippen LogP contribution in [0.1, 0.15) is 15.9 Å². The number of benzene rings is 3. The summed E-state index contributed by atoms with van der Waals surface area (Å²) in [7, 11) is -4.17. The van der Waals surface area contributed by atoms with Gasteiger partial charge in [-0.25, -0.2) is 4.39 Å². The highest BCUT2D eigenvalue weighted by Gasteiger charge is 2.29. The van der Waals surface area contributed by atoms with E-state index in [1.165, 1.54) is 24.3 Å². The van der Waals surface area contributed by atoms with Gasteiger partial charge in [0.1, 0.15) is 22.2 Å². The molecule has 8 heteroatoms. The van der Waals surface area contributed by atoms with E-state index in [0.29, 0.717) is 10.6 Å². The van der Waals surface area contributed by atoms with Gasteiger partial charge in [-0.1, -0.05) is 29.8 Å². The van der Waals surface area contributed by atoms with E-state index in [0.717, 1.165) is 24.3 Å². The van der Waals surface area contributed by atoms with E-state index in [4.69, 9.17) is 20.5 Å². The number of rotatable bonds is 4. The second-order valence-electron chi connectivity index (χ2n) is 6.11. The lowest BCUT2D eigenvalue weighted by Gasteiger charge is -2.08. The number of carbonyl (C=O) groups is 1. The lowest BCUT2D eigenvalue weighted by atomic mass is 10.1. The molecule has 0 N–H and O–H groups in total. The number of hydrogen-bond acceptors (Lipinski definition) is 5. The molecule has 1 heterocycles. The van der Waals surface area contributed by atoms with E-state index in [9.17, 15) is 17.6 Å². The molecular formula is C21H12ClFO5S. The highest BCUT2D eigenvalue weighted by atomic mass is 35.5. The zero-order valence-electron chi connectivity index (χ0n) is 14.6. The Labute approximate surface area is 171 Å². The van der Waals surface area contributed by atoms with Crippen LogP contribution < -0.4 is 8.92 Å². The van der Waals surface area contributed by atoms with Gasteiger partial charge in [-0.3, -0.25) is 4.79 Å². The molecule has 0 bridgehead atoms. The molecule has 0 spiro atoms. The van der Waals surface area contributed by atoms with Crippen molar-refractivity contribution >= 4 is 33.6 Å². The Kier molecular flexibility index (Phi) is 4.86. The Balaban J connectivity index is 1.61. The first-order valence-corrected chi connectivity index (χ1v) is 10.1. The molecule has 0 aromatic heterocycles.